The number of hydrogen-bond acceptors (Lipinski definition) is 11. The predicted octanol–water partition coefficient (Wildman–Crippen LogP) is 2.20. The van der Waals surface area contributed by atoms with Crippen LogP contribution in [0.1, 0.15) is 36.8 Å². The van der Waals surface area contributed by atoms with Crippen molar-refractivity contribution in [3.63, 3.8) is 0 Å². The van der Waals surface area contributed by atoms with E-state index in [9.17, 15) is 14.8 Å². The standard InChI is InChI=1S/C22H24N5O7P/c1-22(29)18(28)17(33-21(22)27-7-5-15-19(24)25-12-26-20(15)27)11-32-35(30)31-8-6-16(34-35)14-4-2-3-13(9-14)10-23/h2-5,7,9,12,16-18,21,28-29H,6,8,11H2,1H3,(H2,24,25,26)/t16-,17-,18-,21-,22-,35+/m1/s1. The van der Waals surface area contributed by atoms with Crippen molar-refractivity contribution in [3.8, 4) is 6.07 Å². The monoisotopic (exact) mass is 501 g/mol. The SMILES string of the molecule is C[C@@]1(O)[C@H](O)[C@@H](CO[P@]2(=O)OCC[C@H](c3cccc(C#N)c3)O2)O[C@H]1n1ccc2c(N)ncnc21. The maximum absolute atomic E-state index is 13.2. The molecular weight excluding hydrogens is 477 g/mol. The molecule has 6 atom stereocenters. The van der Waals surface area contributed by atoms with E-state index in [2.05, 4.69) is 16.0 Å². The highest BCUT2D eigenvalue weighted by Crippen LogP contribution is 2.57. The summed E-state index contributed by atoms with van der Waals surface area (Å²) >= 11 is 0. The number of nitrogens with zero attached hydrogens (tertiary/aromatic N) is 4. The molecule has 0 unspecified atom stereocenters. The van der Waals surface area contributed by atoms with Crippen LogP contribution in [0, 0.1) is 11.3 Å². The number of aliphatic hydroxyl groups is 2. The molecule has 35 heavy (non-hydrogen) atoms. The Bertz CT molecular complexity index is 1340. The molecule has 184 valence electrons. The zero-order chi connectivity index (χ0) is 24.8. The van der Waals surface area contributed by atoms with Gasteiger partial charge >= 0.3 is 7.82 Å². The van der Waals surface area contributed by atoms with Crippen LogP contribution in [0.3, 0.4) is 0 Å². The lowest BCUT2D eigenvalue weighted by Gasteiger charge is -2.30. The first-order valence-electron chi connectivity index (χ1n) is 10.9. The summed E-state index contributed by atoms with van der Waals surface area (Å²) in [7, 11) is -4.00. The number of phosphoric acid groups is 1. The average Bonchev–Trinajstić information content (AvgIpc) is 3.37. The number of nitrogens with two attached hydrogens (primary N) is 1. The molecule has 0 radical (unpaired) electrons. The molecule has 0 spiro atoms. The lowest BCUT2D eigenvalue weighted by atomic mass is 9.96. The second-order valence-corrected chi connectivity index (χ2v) is 10.2. The summed E-state index contributed by atoms with van der Waals surface area (Å²) in [6.07, 6.45) is -0.720. The van der Waals surface area contributed by atoms with E-state index in [-0.39, 0.29) is 19.0 Å². The molecule has 13 heteroatoms. The molecule has 2 aliphatic rings. The number of aliphatic hydroxyl groups excluding tert-OH is 1. The zero-order valence-corrected chi connectivity index (χ0v) is 19.6. The number of nitrogen functional groups attached to an aromatic ring is 1. The maximum Gasteiger partial charge on any atom is 0.475 e. The highest BCUT2D eigenvalue weighted by molar-refractivity contribution is 7.48. The van der Waals surface area contributed by atoms with Crippen LogP contribution < -0.4 is 5.73 Å². The van der Waals surface area contributed by atoms with Gasteiger partial charge < -0.3 is 25.3 Å². The number of phosphoric ester groups is 1. The van der Waals surface area contributed by atoms with Crippen molar-refractivity contribution in [1.29, 1.82) is 5.26 Å². The average molecular weight is 501 g/mol. The topological polar surface area (TPSA) is 175 Å². The van der Waals surface area contributed by atoms with Gasteiger partial charge in [0.25, 0.3) is 0 Å². The number of hydrogen-bond donors (Lipinski definition) is 3. The first-order chi connectivity index (χ1) is 16.7. The highest BCUT2D eigenvalue weighted by Gasteiger charge is 2.54. The molecule has 2 aromatic heterocycles. The number of ether oxygens (including phenoxy) is 1. The van der Waals surface area contributed by atoms with Gasteiger partial charge in [-0.1, -0.05) is 12.1 Å². The molecular formula is C22H24N5O7P. The molecule has 2 saturated heterocycles. The first kappa shape index (κ1) is 23.8. The number of benzene rings is 1. The van der Waals surface area contributed by atoms with Gasteiger partial charge in [-0.15, -0.1) is 0 Å². The number of nitriles is 1. The van der Waals surface area contributed by atoms with Gasteiger partial charge in [0.2, 0.25) is 0 Å². The number of fused-ring (bicyclic) bond motifs is 1. The van der Waals surface area contributed by atoms with E-state index in [4.69, 9.17) is 29.3 Å². The second-order valence-electron chi connectivity index (χ2n) is 8.61. The van der Waals surface area contributed by atoms with E-state index in [1.165, 1.54) is 13.3 Å². The minimum atomic E-state index is -4.00. The van der Waals surface area contributed by atoms with Gasteiger partial charge in [0.15, 0.2) is 6.23 Å². The Morgan fingerprint density at radius 3 is 3.03 bits per heavy atom. The van der Waals surface area contributed by atoms with Gasteiger partial charge in [-0.2, -0.15) is 5.26 Å². The Balaban J connectivity index is 1.31. The van der Waals surface area contributed by atoms with Crippen molar-refractivity contribution in [1.82, 2.24) is 14.5 Å². The molecule has 0 bridgehead atoms. The van der Waals surface area contributed by atoms with Crippen LogP contribution >= 0.6 is 7.82 Å². The fourth-order valence-corrected chi connectivity index (χ4v) is 5.73. The van der Waals surface area contributed by atoms with Crippen molar-refractivity contribution < 1.29 is 33.1 Å². The smallest absolute Gasteiger partial charge is 0.387 e. The largest absolute Gasteiger partial charge is 0.475 e. The summed E-state index contributed by atoms with van der Waals surface area (Å²) in [5, 5.41) is 31.5. The van der Waals surface area contributed by atoms with Crippen LogP contribution in [-0.2, 0) is 22.9 Å². The molecule has 0 amide bonds. The van der Waals surface area contributed by atoms with Gasteiger partial charge in [-0.05, 0) is 30.7 Å². The Morgan fingerprint density at radius 1 is 1.40 bits per heavy atom. The maximum atomic E-state index is 13.2. The van der Waals surface area contributed by atoms with E-state index in [0.717, 1.165) is 0 Å². The van der Waals surface area contributed by atoms with Gasteiger partial charge in [0.1, 0.15) is 35.6 Å². The summed E-state index contributed by atoms with van der Waals surface area (Å²) in [6.45, 7) is 1.17. The molecule has 2 fully saturated rings. The van der Waals surface area contributed by atoms with E-state index in [1.807, 2.05) is 0 Å². The molecule has 2 aliphatic heterocycles. The van der Waals surface area contributed by atoms with E-state index < -0.39 is 38.0 Å². The van der Waals surface area contributed by atoms with Crippen LogP contribution in [0.2, 0.25) is 0 Å². The van der Waals surface area contributed by atoms with Crippen molar-refractivity contribution in [2.75, 3.05) is 18.9 Å². The minimum Gasteiger partial charge on any atom is -0.387 e. The zero-order valence-electron chi connectivity index (χ0n) is 18.7. The van der Waals surface area contributed by atoms with Gasteiger partial charge in [0.05, 0.1) is 36.3 Å². The third-order valence-electron chi connectivity index (χ3n) is 6.22. The van der Waals surface area contributed by atoms with E-state index >= 15 is 0 Å². The molecule has 0 aliphatic carbocycles. The lowest BCUT2D eigenvalue weighted by molar-refractivity contribution is -0.0950. The third-order valence-corrected chi connectivity index (χ3v) is 7.69. The van der Waals surface area contributed by atoms with Crippen LogP contribution in [0.25, 0.3) is 11.0 Å². The molecule has 12 nitrogen and oxygen atoms in total. The molecule has 4 heterocycles. The second kappa shape index (κ2) is 8.96. The Labute approximate surface area is 200 Å². The summed E-state index contributed by atoms with van der Waals surface area (Å²) in [6, 6.07) is 10.5. The Morgan fingerprint density at radius 2 is 2.23 bits per heavy atom. The van der Waals surface area contributed by atoms with Crippen molar-refractivity contribution in [2.24, 2.45) is 0 Å². The predicted molar refractivity (Wildman–Crippen MR) is 122 cm³/mol. The fraction of sp³-hybridized carbons (Fsp3) is 0.409. The van der Waals surface area contributed by atoms with Gasteiger partial charge in [-0.3, -0.25) is 13.6 Å². The quantitative estimate of drug-likeness (QED) is 0.437. The molecule has 5 rings (SSSR count). The highest BCUT2D eigenvalue weighted by atomic mass is 31.2. The lowest BCUT2D eigenvalue weighted by Crippen LogP contribution is -2.44. The van der Waals surface area contributed by atoms with Crippen molar-refractivity contribution in [3.05, 3.63) is 54.0 Å². The number of rotatable bonds is 5. The van der Waals surface area contributed by atoms with Crippen molar-refractivity contribution in [2.45, 2.75) is 43.5 Å². The number of aromatic nitrogens is 3. The summed E-state index contributed by atoms with van der Waals surface area (Å²) in [4.78, 5) is 8.15. The summed E-state index contributed by atoms with van der Waals surface area (Å²) in [5.41, 5.74) is 5.71. The van der Waals surface area contributed by atoms with Crippen LogP contribution in [-0.4, -0.2) is 55.8 Å². The van der Waals surface area contributed by atoms with Crippen molar-refractivity contribution >= 4 is 24.7 Å². The summed E-state index contributed by atoms with van der Waals surface area (Å²) < 4.78 is 37.1. The van der Waals surface area contributed by atoms with E-state index in [1.54, 1.807) is 41.1 Å². The fourth-order valence-electron chi connectivity index (χ4n) is 4.34. The molecule has 1 aromatic carbocycles. The van der Waals surface area contributed by atoms with Crippen LogP contribution in [0.4, 0.5) is 5.82 Å². The third kappa shape index (κ3) is 4.32. The van der Waals surface area contributed by atoms with Crippen LogP contribution in [0.5, 0.6) is 0 Å². The normalized spacial score (nSPS) is 33.1. The molecule has 4 N–H and O–H groups in total. The van der Waals surface area contributed by atoms with Gasteiger partial charge in [-0.25, -0.2) is 14.5 Å². The number of anilines is 1. The van der Waals surface area contributed by atoms with Gasteiger partial charge in [0, 0.05) is 12.6 Å². The van der Waals surface area contributed by atoms with Crippen LogP contribution in [0.15, 0.2) is 42.9 Å². The minimum absolute atomic E-state index is 0.115. The Kier molecular flexibility index (Phi) is 6.11. The Hall–Kier alpha value is -2.88. The molecule has 3 aromatic rings. The molecule has 0 saturated carbocycles. The van der Waals surface area contributed by atoms with E-state index in [0.29, 0.717) is 28.6 Å². The first-order valence-corrected chi connectivity index (χ1v) is 12.4. The summed E-state index contributed by atoms with van der Waals surface area (Å²) in [5.74, 6) is 0.270.